The van der Waals surface area contributed by atoms with E-state index in [0.29, 0.717) is 0 Å². The van der Waals surface area contributed by atoms with Crippen molar-refractivity contribution >= 4 is 23.7 Å². The van der Waals surface area contributed by atoms with Gasteiger partial charge in [-0.25, -0.2) is 24.4 Å². The molecule has 0 aliphatic carbocycles. The van der Waals surface area contributed by atoms with Gasteiger partial charge in [0, 0.05) is 51.4 Å². The van der Waals surface area contributed by atoms with Crippen LogP contribution in [0, 0.1) is 0 Å². The maximum absolute atomic E-state index is 10.6. The largest absolute Gasteiger partial charge is 0.490 e. The van der Waals surface area contributed by atoms with Gasteiger partial charge in [-0.15, -0.1) is 0 Å². The van der Waals surface area contributed by atoms with Crippen LogP contribution in [0.2, 0.25) is 0 Å². The van der Waals surface area contributed by atoms with Gasteiger partial charge in [-0.2, -0.15) is 39.5 Å². The van der Waals surface area contributed by atoms with E-state index in [1.165, 1.54) is 11.3 Å². The molecule has 0 atom stereocenters. The molecule has 242 valence electrons. The number of carboxylic acids is 3. The van der Waals surface area contributed by atoms with E-state index in [4.69, 9.17) is 29.7 Å². The molecule has 0 amide bonds. The van der Waals surface area contributed by atoms with Crippen LogP contribution in [0.4, 0.5) is 45.3 Å². The highest BCUT2D eigenvalue weighted by molar-refractivity contribution is 5.73. The van der Waals surface area contributed by atoms with Crippen LogP contribution in [0.25, 0.3) is 0 Å². The summed E-state index contributed by atoms with van der Waals surface area (Å²) < 4.78 is 95.2. The van der Waals surface area contributed by atoms with E-state index in [1.54, 1.807) is 6.33 Å². The highest BCUT2D eigenvalue weighted by Crippen LogP contribution is 2.23. The maximum Gasteiger partial charge on any atom is 0.490 e. The number of nitrogens with zero attached hydrogens (tertiary/aromatic N) is 5. The summed E-state index contributed by atoms with van der Waals surface area (Å²) in [4.78, 5) is 44.8. The zero-order valence-electron chi connectivity index (χ0n) is 22.3. The van der Waals surface area contributed by atoms with Crippen LogP contribution in [0.5, 0.6) is 0 Å². The fraction of sp³-hybridized carbons (Fsp3) is 0.478. The molecule has 1 aliphatic rings. The Morgan fingerprint density at radius 1 is 0.814 bits per heavy atom. The number of alkyl halides is 9. The standard InChI is InChI=1S/C17H23N5.3C2HF3O2/c1-3-21(2)17-15-7-10-22(11-8-16(15)19-13-20-17)12-14-6-4-5-9-18-14;3*3-2(4,5)1(6)7/h4-6,9,13H,3,7-8,10-12H2,1-2H3;3*(H,6,7). The molecule has 0 bridgehead atoms. The van der Waals surface area contributed by atoms with Gasteiger partial charge < -0.3 is 20.2 Å². The highest BCUT2D eigenvalue weighted by Gasteiger charge is 2.39. The van der Waals surface area contributed by atoms with Gasteiger partial charge in [0.25, 0.3) is 0 Å². The lowest BCUT2D eigenvalue weighted by Crippen LogP contribution is -2.26. The Kier molecular flexibility index (Phi) is 15.3. The molecule has 20 heteroatoms. The Morgan fingerprint density at radius 2 is 1.28 bits per heavy atom. The number of pyridine rings is 1. The third kappa shape index (κ3) is 15.5. The molecule has 0 saturated carbocycles. The molecule has 2 aromatic rings. The number of aromatic nitrogens is 3. The normalized spacial score (nSPS) is 13.3. The lowest BCUT2D eigenvalue weighted by Gasteiger charge is -2.20. The molecule has 0 radical (unpaired) electrons. The van der Waals surface area contributed by atoms with Gasteiger partial charge in [0.2, 0.25) is 0 Å². The first-order chi connectivity index (χ1) is 19.6. The van der Waals surface area contributed by atoms with Crippen molar-refractivity contribution in [2.45, 2.75) is 44.8 Å². The molecule has 0 aromatic carbocycles. The topological polar surface area (TPSA) is 157 Å². The fourth-order valence-electron chi connectivity index (χ4n) is 2.91. The summed E-state index contributed by atoms with van der Waals surface area (Å²) >= 11 is 0. The number of fused-ring (bicyclic) bond motifs is 1. The number of hydrogen-bond donors (Lipinski definition) is 3. The van der Waals surface area contributed by atoms with Gasteiger partial charge in [0.1, 0.15) is 12.1 Å². The third-order valence-electron chi connectivity index (χ3n) is 5.03. The second kappa shape index (κ2) is 17.0. The number of anilines is 1. The van der Waals surface area contributed by atoms with Gasteiger partial charge in [-0.3, -0.25) is 9.88 Å². The predicted octanol–water partition coefficient (Wildman–Crippen LogP) is 3.83. The van der Waals surface area contributed by atoms with E-state index in [0.717, 1.165) is 50.5 Å². The van der Waals surface area contributed by atoms with Gasteiger partial charge in [-0.05, 0) is 25.5 Å². The van der Waals surface area contributed by atoms with Gasteiger partial charge in [0.05, 0.1) is 11.4 Å². The van der Waals surface area contributed by atoms with E-state index in [1.807, 2.05) is 12.3 Å². The predicted molar refractivity (Wildman–Crippen MR) is 129 cm³/mol. The minimum absolute atomic E-state index is 0.904. The van der Waals surface area contributed by atoms with Crippen molar-refractivity contribution in [1.29, 1.82) is 0 Å². The maximum atomic E-state index is 10.6. The molecule has 3 N–H and O–H groups in total. The van der Waals surface area contributed by atoms with Crippen LogP contribution in [0.3, 0.4) is 0 Å². The summed E-state index contributed by atoms with van der Waals surface area (Å²) in [5, 5.41) is 21.4. The van der Waals surface area contributed by atoms with Crippen molar-refractivity contribution in [3.8, 4) is 0 Å². The second-order valence-corrected chi connectivity index (χ2v) is 8.14. The van der Waals surface area contributed by atoms with E-state index in [2.05, 4.69) is 50.9 Å². The summed E-state index contributed by atoms with van der Waals surface area (Å²) in [7, 11) is 2.10. The number of hydrogen-bond acceptors (Lipinski definition) is 8. The molecular formula is C23H26F9N5O6. The van der Waals surface area contributed by atoms with Crippen LogP contribution < -0.4 is 4.90 Å². The van der Waals surface area contributed by atoms with Gasteiger partial charge in [-0.1, -0.05) is 6.07 Å². The van der Waals surface area contributed by atoms with Crippen molar-refractivity contribution in [1.82, 2.24) is 19.9 Å². The summed E-state index contributed by atoms with van der Waals surface area (Å²) in [5.41, 5.74) is 3.65. The van der Waals surface area contributed by atoms with E-state index in [9.17, 15) is 39.5 Å². The van der Waals surface area contributed by atoms with Gasteiger partial charge >= 0.3 is 36.4 Å². The first-order valence-corrected chi connectivity index (χ1v) is 11.7. The van der Waals surface area contributed by atoms with E-state index < -0.39 is 36.4 Å². The SMILES string of the molecule is CCN(C)c1ncnc2c1CCN(Cc1ccccn1)CC2.O=C(O)C(F)(F)F.O=C(O)C(F)(F)F.O=C(O)C(F)(F)F. The Bertz CT molecular complexity index is 1120. The number of rotatable bonds is 4. The van der Waals surface area contributed by atoms with Crippen molar-refractivity contribution in [2.75, 3.05) is 31.6 Å². The minimum Gasteiger partial charge on any atom is -0.475 e. The molecule has 11 nitrogen and oxygen atoms in total. The zero-order valence-corrected chi connectivity index (χ0v) is 22.3. The van der Waals surface area contributed by atoms with E-state index in [-0.39, 0.29) is 0 Å². The van der Waals surface area contributed by atoms with E-state index >= 15 is 0 Å². The first kappa shape index (κ1) is 38.8. The van der Waals surface area contributed by atoms with Crippen molar-refractivity contribution < 1.29 is 69.2 Å². The summed E-state index contributed by atoms with van der Waals surface area (Å²) in [6.07, 6.45) is -9.70. The molecule has 2 aromatic heterocycles. The molecule has 0 spiro atoms. The highest BCUT2D eigenvalue weighted by atomic mass is 19.4. The van der Waals surface area contributed by atoms with Gasteiger partial charge in [0.15, 0.2) is 0 Å². The molecule has 0 saturated heterocycles. The van der Waals surface area contributed by atoms with Crippen molar-refractivity contribution in [3.63, 3.8) is 0 Å². The average molecular weight is 639 g/mol. The molecule has 43 heavy (non-hydrogen) atoms. The van der Waals surface area contributed by atoms with Crippen molar-refractivity contribution in [2.24, 2.45) is 0 Å². The summed E-state index contributed by atoms with van der Waals surface area (Å²) in [6.45, 7) is 6.07. The van der Waals surface area contributed by atoms with Crippen LogP contribution >= 0.6 is 0 Å². The van der Waals surface area contributed by atoms with Crippen LogP contribution in [0.15, 0.2) is 30.7 Å². The number of carbonyl (C=O) groups is 3. The summed E-state index contributed by atoms with van der Waals surface area (Å²) in [6, 6.07) is 6.10. The second-order valence-electron chi connectivity index (χ2n) is 8.14. The molecule has 3 heterocycles. The average Bonchev–Trinajstić information content (AvgIpc) is 3.10. The first-order valence-electron chi connectivity index (χ1n) is 11.7. The minimum atomic E-state index is -5.08. The quantitative estimate of drug-likeness (QED) is 0.418. The number of aliphatic carboxylic acids is 3. The number of halogens is 9. The molecule has 3 rings (SSSR count). The fourth-order valence-corrected chi connectivity index (χ4v) is 2.91. The Balaban J connectivity index is 0.000000690. The third-order valence-corrected chi connectivity index (χ3v) is 5.03. The summed E-state index contributed by atoms with van der Waals surface area (Å²) in [5.74, 6) is -7.18. The van der Waals surface area contributed by atoms with Crippen LogP contribution in [-0.4, -0.2) is 98.3 Å². The lowest BCUT2D eigenvalue weighted by atomic mass is 10.1. The monoisotopic (exact) mass is 639 g/mol. The molecular weight excluding hydrogens is 613 g/mol. The molecule has 0 fully saturated rings. The molecule has 0 unspecified atom stereocenters. The Morgan fingerprint density at radius 3 is 1.67 bits per heavy atom. The Labute approximate surface area is 237 Å². The lowest BCUT2D eigenvalue weighted by molar-refractivity contribution is -0.193. The van der Waals surface area contributed by atoms with Crippen molar-refractivity contribution in [3.05, 3.63) is 47.7 Å². The van der Waals surface area contributed by atoms with Crippen LogP contribution in [0.1, 0.15) is 23.9 Å². The number of carboxylic acid groups (broad SMARTS) is 3. The molecule has 1 aliphatic heterocycles. The smallest absolute Gasteiger partial charge is 0.475 e. The van der Waals surface area contributed by atoms with Crippen LogP contribution in [-0.2, 0) is 33.8 Å². The Hall–Kier alpha value is -4.23. The zero-order chi connectivity index (χ0) is 33.6.